The van der Waals surface area contributed by atoms with Crippen molar-refractivity contribution in [3.8, 4) is 0 Å². The molecule has 1 amide bonds. The average Bonchev–Trinajstić information content (AvgIpc) is 2.70. The topological polar surface area (TPSA) is 29.1 Å². The molecule has 1 rings (SSSR count). The van der Waals surface area contributed by atoms with Gasteiger partial charge in [0.05, 0.1) is 6.04 Å². The van der Waals surface area contributed by atoms with Crippen LogP contribution in [0.15, 0.2) is 29.2 Å². The number of carbonyl (C=O) groups is 1. The van der Waals surface area contributed by atoms with Gasteiger partial charge in [0.25, 0.3) is 0 Å². The molecule has 82 valence electrons. The van der Waals surface area contributed by atoms with Gasteiger partial charge in [-0.15, -0.1) is 11.3 Å². The monoisotopic (exact) mass is 223 g/mol. The highest BCUT2D eigenvalue weighted by Gasteiger charge is 2.10. The van der Waals surface area contributed by atoms with Gasteiger partial charge in [0, 0.05) is 10.5 Å². The SMILES string of the molecule is CC/C=C(\C)C(=O)N[C@H](C)c1cccs1. The Hall–Kier alpha value is -1.09. The smallest absolute Gasteiger partial charge is 0.247 e. The Labute approximate surface area is 95.0 Å². The van der Waals surface area contributed by atoms with E-state index in [9.17, 15) is 4.79 Å². The number of hydrogen-bond acceptors (Lipinski definition) is 2. The maximum Gasteiger partial charge on any atom is 0.247 e. The third-order valence-corrected chi connectivity index (χ3v) is 3.24. The van der Waals surface area contributed by atoms with Gasteiger partial charge in [0.2, 0.25) is 5.91 Å². The van der Waals surface area contributed by atoms with Crippen LogP contribution in [-0.4, -0.2) is 5.91 Å². The predicted octanol–water partition coefficient (Wildman–Crippen LogP) is 3.28. The summed E-state index contributed by atoms with van der Waals surface area (Å²) < 4.78 is 0. The van der Waals surface area contributed by atoms with Crippen molar-refractivity contribution in [3.05, 3.63) is 34.0 Å². The lowest BCUT2D eigenvalue weighted by molar-refractivity contribution is -0.118. The lowest BCUT2D eigenvalue weighted by Crippen LogP contribution is -2.26. The molecule has 1 atom stereocenters. The standard InChI is InChI=1S/C12H17NOS/c1-4-6-9(2)12(14)13-10(3)11-7-5-8-15-11/h5-8,10H,4H2,1-3H3,(H,13,14)/b9-6+/t10-/m1/s1. The zero-order chi connectivity index (χ0) is 11.3. The van der Waals surface area contributed by atoms with Gasteiger partial charge < -0.3 is 5.32 Å². The van der Waals surface area contributed by atoms with Gasteiger partial charge in [-0.3, -0.25) is 4.79 Å². The van der Waals surface area contributed by atoms with Crippen LogP contribution in [0, 0.1) is 0 Å². The van der Waals surface area contributed by atoms with E-state index in [0.717, 1.165) is 12.0 Å². The molecule has 0 bridgehead atoms. The molecule has 0 aliphatic rings. The minimum atomic E-state index is 0.0257. The van der Waals surface area contributed by atoms with Crippen molar-refractivity contribution in [3.63, 3.8) is 0 Å². The quantitative estimate of drug-likeness (QED) is 0.780. The van der Waals surface area contributed by atoms with Crippen LogP contribution in [0.2, 0.25) is 0 Å². The summed E-state index contributed by atoms with van der Waals surface area (Å²) in [6.45, 7) is 5.88. The second kappa shape index (κ2) is 5.71. The van der Waals surface area contributed by atoms with Crippen molar-refractivity contribution < 1.29 is 4.79 Å². The predicted molar refractivity (Wildman–Crippen MR) is 64.9 cm³/mol. The molecule has 1 aromatic rings. The minimum absolute atomic E-state index is 0.0257. The summed E-state index contributed by atoms with van der Waals surface area (Å²) in [6.07, 6.45) is 2.84. The molecule has 1 heterocycles. The van der Waals surface area contributed by atoms with Gasteiger partial charge in [0.15, 0.2) is 0 Å². The number of allylic oxidation sites excluding steroid dienone is 1. The van der Waals surface area contributed by atoms with Gasteiger partial charge >= 0.3 is 0 Å². The molecule has 2 nitrogen and oxygen atoms in total. The van der Waals surface area contributed by atoms with E-state index < -0.39 is 0 Å². The number of nitrogens with one attached hydrogen (secondary N) is 1. The number of hydrogen-bond donors (Lipinski definition) is 1. The average molecular weight is 223 g/mol. The van der Waals surface area contributed by atoms with Crippen molar-refractivity contribution in [1.29, 1.82) is 0 Å². The summed E-state index contributed by atoms with van der Waals surface area (Å²) in [6, 6.07) is 4.13. The van der Waals surface area contributed by atoms with Crippen LogP contribution >= 0.6 is 11.3 Å². The van der Waals surface area contributed by atoms with Crippen molar-refractivity contribution >= 4 is 17.2 Å². The molecule has 15 heavy (non-hydrogen) atoms. The molecule has 0 saturated heterocycles. The van der Waals surface area contributed by atoms with Gasteiger partial charge in [-0.05, 0) is 31.7 Å². The van der Waals surface area contributed by atoms with E-state index in [1.54, 1.807) is 11.3 Å². The first kappa shape index (κ1) is 12.0. The van der Waals surface area contributed by atoms with E-state index in [2.05, 4.69) is 5.32 Å². The van der Waals surface area contributed by atoms with Crippen molar-refractivity contribution in [1.82, 2.24) is 5.32 Å². The zero-order valence-electron chi connectivity index (χ0n) is 9.41. The first-order chi connectivity index (χ1) is 7.15. The van der Waals surface area contributed by atoms with Crippen molar-refractivity contribution in [2.45, 2.75) is 33.2 Å². The van der Waals surface area contributed by atoms with E-state index >= 15 is 0 Å². The van der Waals surface area contributed by atoms with Crippen LogP contribution in [0.3, 0.4) is 0 Å². The van der Waals surface area contributed by atoms with E-state index in [4.69, 9.17) is 0 Å². The molecule has 0 aliphatic heterocycles. The molecule has 0 radical (unpaired) electrons. The number of amides is 1. The van der Waals surface area contributed by atoms with Gasteiger partial charge in [-0.25, -0.2) is 0 Å². The lowest BCUT2D eigenvalue weighted by atomic mass is 10.2. The fourth-order valence-electron chi connectivity index (χ4n) is 1.32. The summed E-state index contributed by atoms with van der Waals surface area (Å²) in [4.78, 5) is 12.9. The maximum atomic E-state index is 11.7. The lowest BCUT2D eigenvalue weighted by Gasteiger charge is -2.12. The normalized spacial score (nSPS) is 13.7. The molecule has 0 aliphatic carbocycles. The highest BCUT2D eigenvalue weighted by molar-refractivity contribution is 7.10. The Bertz CT molecular complexity index is 341. The molecule has 0 unspecified atom stereocenters. The fourth-order valence-corrected chi connectivity index (χ4v) is 2.05. The Morgan fingerprint density at radius 3 is 2.93 bits per heavy atom. The van der Waals surface area contributed by atoms with Crippen LogP contribution in [0.5, 0.6) is 0 Å². The summed E-state index contributed by atoms with van der Waals surface area (Å²) in [5.74, 6) is 0.0257. The molecular weight excluding hydrogens is 206 g/mol. The van der Waals surface area contributed by atoms with Crippen LogP contribution in [0.4, 0.5) is 0 Å². The zero-order valence-corrected chi connectivity index (χ0v) is 10.2. The molecule has 3 heteroatoms. The van der Waals surface area contributed by atoms with Gasteiger partial charge in [0.1, 0.15) is 0 Å². The molecule has 0 fully saturated rings. The maximum absolute atomic E-state index is 11.7. The van der Waals surface area contributed by atoms with E-state index in [-0.39, 0.29) is 11.9 Å². The summed E-state index contributed by atoms with van der Waals surface area (Å²) in [5, 5.41) is 4.99. The minimum Gasteiger partial charge on any atom is -0.345 e. The Morgan fingerprint density at radius 2 is 2.40 bits per heavy atom. The Kier molecular flexibility index (Phi) is 4.56. The van der Waals surface area contributed by atoms with Gasteiger partial charge in [-0.2, -0.15) is 0 Å². The second-order valence-corrected chi connectivity index (χ2v) is 4.49. The van der Waals surface area contributed by atoms with Crippen molar-refractivity contribution in [2.75, 3.05) is 0 Å². The van der Waals surface area contributed by atoms with Crippen LogP contribution in [0.1, 0.15) is 38.1 Å². The number of rotatable bonds is 4. The summed E-state index contributed by atoms with van der Waals surface area (Å²) >= 11 is 1.66. The van der Waals surface area contributed by atoms with E-state index in [0.29, 0.717) is 0 Å². The molecule has 0 aromatic carbocycles. The number of carbonyl (C=O) groups excluding carboxylic acids is 1. The molecule has 1 N–H and O–H groups in total. The molecule has 0 saturated carbocycles. The van der Waals surface area contributed by atoms with Crippen LogP contribution in [-0.2, 0) is 4.79 Å². The van der Waals surface area contributed by atoms with E-state index in [1.807, 2.05) is 44.4 Å². The molecule has 1 aromatic heterocycles. The van der Waals surface area contributed by atoms with E-state index in [1.165, 1.54) is 4.88 Å². The van der Waals surface area contributed by atoms with Gasteiger partial charge in [-0.1, -0.05) is 19.1 Å². The fraction of sp³-hybridized carbons (Fsp3) is 0.417. The Morgan fingerprint density at radius 1 is 1.67 bits per heavy atom. The summed E-state index contributed by atoms with van der Waals surface area (Å²) in [7, 11) is 0. The summed E-state index contributed by atoms with van der Waals surface area (Å²) in [5.41, 5.74) is 0.793. The van der Waals surface area contributed by atoms with Crippen LogP contribution in [0.25, 0.3) is 0 Å². The third kappa shape index (κ3) is 3.51. The highest BCUT2D eigenvalue weighted by atomic mass is 32.1. The first-order valence-corrected chi connectivity index (χ1v) is 6.04. The molecule has 0 spiro atoms. The third-order valence-electron chi connectivity index (χ3n) is 2.19. The van der Waals surface area contributed by atoms with Crippen LogP contribution < -0.4 is 5.32 Å². The largest absolute Gasteiger partial charge is 0.345 e. The first-order valence-electron chi connectivity index (χ1n) is 5.16. The highest BCUT2D eigenvalue weighted by Crippen LogP contribution is 2.18. The molecular formula is C12H17NOS. The number of thiophene rings is 1. The van der Waals surface area contributed by atoms with Crippen molar-refractivity contribution in [2.24, 2.45) is 0 Å². The Balaban J connectivity index is 2.56. The second-order valence-electron chi connectivity index (χ2n) is 3.51.